The molecular formula is C10H22N2O2. The van der Waals surface area contributed by atoms with Crippen LogP contribution in [0.3, 0.4) is 0 Å². The standard InChI is InChI=1S/C10H22N2O2/c1-4-7-12(3)8-6-9(11)10(13)14-5-2/h9H,4-8,11H2,1-3H3. The number of nitrogens with zero attached hydrogens (tertiary/aromatic N) is 1. The second-order valence-corrected chi connectivity index (χ2v) is 3.45. The van der Waals surface area contributed by atoms with E-state index in [1.807, 2.05) is 7.05 Å². The van der Waals surface area contributed by atoms with Crippen LogP contribution in [0.1, 0.15) is 26.7 Å². The Balaban J connectivity index is 3.61. The molecule has 1 unspecified atom stereocenters. The molecule has 0 aliphatic carbocycles. The van der Waals surface area contributed by atoms with Gasteiger partial charge in [-0.15, -0.1) is 0 Å². The van der Waals surface area contributed by atoms with Gasteiger partial charge in [-0.05, 0) is 39.9 Å². The Hall–Kier alpha value is -0.610. The molecule has 0 heterocycles. The molecule has 0 radical (unpaired) electrons. The minimum atomic E-state index is -0.478. The van der Waals surface area contributed by atoms with Crippen LogP contribution in [0.25, 0.3) is 0 Å². The Bertz CT molecular complexity index is 162. The van der Waals surface area contributed by atoms with E-state index >= 15 is 0 Å². The Kier molecular flexibility index (Phi) is 7.42. The van der Waals surface area contributed by atoms with Crippen molar-refractivity contribution in [2.45, 2.75) is 32.7 Å². The second kappa shape index (κ2) is 7.76. The van der Waals surface area contributed by atoms with Crippen LogP contribution in [0.2, 0.25) is 0 Å². The molecule has 0 aromatic heterocycles. The lowest BCUT2D eigenvalue weighted by Gasteiger charge is -2.17. The minimum absolute atomic E-state index is 0.294. The van der Waals surface area contributed by atoms with Gasteiger partial charge in [0, 0.05) is 0 Å². The summed E-state index contributed by atoms with van der Waals surface area (Å²) in [6.45, 7) is 6.19. The predicted molar refractivity (Wildman–Crippen MR) is 57.0 cm³/mol. The van der Waals surface area contributed by atoms with Crippen LogP contribution in [0.4, 0.5) is 0 Å². The summed E-state index contributed by atoms with van der Waals surface area (Å²) in [5.74, 6) is -0.294. The number of rotatable bonds is 7. The molecule has 84 valence electrons. The summed E-state index contributed by atoms with van der Waals surface area (Å²) in [6, 6.07) is -0.478. The van der Waals surface area contributed by atoms with E-state index < -0.39 is 6.04 Å². The molecule has 0 aliphatic heterocycles. The molecule has 0 aromatic carbocycles. The van der Waals surface area contributed by atoms with Gasteiger partial charge in [-0.3, -0.25) is 4.79 Å². The van der Waals surface area contributed by atoms with Crippen molar-refractivity contribution < 1.29 is 9.53 Å². The maximum Gasteiger partial charge on any atom is 0.322 e. The molecule has 0 aromatic rings. The van der Waals surface area contributed by atoms with Gasteiger partial charge < -0.3 is 15.4 Å². The maximum atomic E-state index is 11.1. The SMILES string of the molecule is CCCN(C)CCC(N)C(=O)OCC. The monoisotopic (exact) mass is 202 g/mol. The minimum Gasteiger partial charge on any atom is -0.465 e. The van der Waals surface area contributed by atoms with Crippen LogP contribution in [0.15, 0.2) is 0 Å². The van der Waals surface area contributed by atoms with Crippen molar-refractivity contribution in [2.24, 2.45) is 5.73 Å². The van der Waals surface area contributed by atoms with E-state index in [0.717, 1.165) is 19.5 Å². The predicted octanol–water partition coefficient (Wildman–Crippen LogP) is 0.609. The summed E-state index contributed by atoms with van der Waals surface area (Å²) in [6.07, 6.45) is 1.78. The van der Waals surface area contributed by atoms with Crippen molar-refractivity contribution in [2.75, 3.05) is 26.7 Å². The Morgan fingerprint density at radius 1 is 1.43 bits per heavy atom. The summed E-state index contributed by atoms with van der Waals surface area (Å²) in [5, 5.41) is 0. The molecule has 0 aliphatic rings. The zero-order valence-electron chi connectivity index (χ0n) is 9.45. The van der Waals surface area contributed by atoms with Crippen LogP contribution >= 0.6 is 0 Å². The van der Waals surface area contributed by atoms with Gasteiger partial charge in [-0.1, -0.05) is 6.92 Å². The third kappa shape index (κ3) is 5.94. The number of ether oxygens (including phenoxy) is 1. The van der Waals surface area contributed by atoms with Gasteiger partial charge in [0.2, 0.25) is 0 Å². The first kappa shape index (κ1) is 13.4. The normalized spacial score (nSPS) is 12.9. The molecule has 0 amide bonds. The zero-order chi connectivity index (χ0) is 11.0. The fourth-order valence-corrected chi connectivity index (χ4v) is 1.22. The highest BCUT2D eigenvalue weighted by Gasteiger charge is 2.14. The van der Waals surface area contributed by atoms with Gasteiger partial charge in [0.1, 0.15) is 6.04 Å². The molecule has 0 saturated carbocycles. The summed E-state index contributed by atoms with van der Waals surface area (Å²) in [4.78, 5) is 13.3. The fourth-order valence-electron chi connectivity index (χ4n) is 1.22. The molecule has 14 heavy (non-hydrogen) atoms. The topological polar surface area (TPSA) is 55.6 Å². The van der Waals surface area contributed by atoms with Gasteiger partial charge in [0.25, 0.3) is 0 Å². The lowest BCUT2D eigenvalue weighted by atomic mass is 10.2. The highest BCUT2D eigenvalue weighted by Crippen LogP contribution is 1.96. The van der Waals surface area contributed by atoms with E-state index in [1.54, 1.807) is 6.92 Å². The van der Waals surface area contributed by atoms with Gasteiger partial charge in [-0.2, -0.15) is 0 Å². The Labute approximate surface area is 86.4 Å². The summed E-state index contributed by atoms with van der Waals surface area (Å²) < 4.78 is 4.81. The van der Waals surface area contributed by atoms with E-state index in [1.165, 1.54) is 0 Å². The first-order valence-corrected chi connectivity index (χ1v) is 5.22. The number of nitrogens with two attached hydrogens (primary N) is 1. The summed E-state index contributed by atoms with van der Waals surface area (Å²) in [7, 11) is 2.03. The lowest BCUT2D eigenvalue weighted by molar-refractivity contribution is -0.144. The molecule has 4 nitrogen and oxygen atoms in total. The number of carbonyl (C=O) groups excluding carboxylic acids is 1. The maximum absolute atomic E-state index is 11.1. The number of esters is 1. The van der Waals surface area contributed by atoms with E-state index in [2.05, 4.69) is 11.8 Å². The zero-order valence-corrected chi connectivity index (χ0v) is 9.45. The van der Waals surface area contributed by atoms with Gasteiger partial charge in [-0.25, -0.2) is 0 Å². The third-order valence-electron chi connectivity index (χ3n) is 2.02. The fraction of sp³-hybridized carbons (Fsp3) is 0.900. The third-order valence-corrected chi connectivity index (χ3v) is 2.02. The smallest absolute Gasteiger partial charge is 0.322 e. The van der Waals surface area contributed by atoms with E-state index in [-0.39, 0.29) is 5.97 Å². The first-order valence-electron chi connectivity index (χ1n) is 5.22. The van der Waals surface area contributed by atoms with Gasteiger partial charge in [0.15, 0.2) is 0 Å². The highest BCUT2D eigenvalue weighted by atomic mass is 16.5. The van der Waals surface area contributed by atoms with Crippen LogP contribution in [-0.2, 0) is 9.53 Å². The number of hydrogen-bond donors (Lipinski definition) is 1. The van der Waals surface area contributed by atoms with Crippen molar-refractivity contribution in [3.05, 3.63) is 0 Å². The molecule has 0 fully saturated rings. The van der Waals surface area contributed by atoms with E-state index in [4.69, 9.17) is 10.5 Å². The van der Waals surface area contributed by atoms with Crippen LogP contribution in [-0.4, -0.2) is 43.7 Å². The molecule has 0 spiro atoms. The summed E-state index contributed by atoms with van der Waals surface area (Å²) >= 11 is 0. The van der Waals surface area contributed by atoms with Crippen molar-refractivity contribution in [3.8, 4) is 0 Å². The molecule has 1 atom stereocenters. The Morgan fingerprint density at radius 2 is 2.07 bits per heavy atom. The van der Waals surface area contributed by atoms with Crippen molar-refractivity contribution >= 4 is 5.97 Å². The highest BCUT2D eigenvalue weighted by molar-refractivity contribution is 5.75. The Morgan fingerprint density at radius 3 is 2.57 bits per heavy atom. The summed E-state index contributed by atoms with van der Waals surface area (Å²) in [5.41, 5.74) is 5.65. The average Bonchev–Trinajstić information content (AvgIpc) is 2.15. The van der Waals surface area contributed by atoms with Crippen molar-refractivity contribution in [1.82, 2.24) is 4.90 Å². The molecule has 4 heteroatoms. The van der Waals surface area contributed by atoms with E-state index in [0.29, 0.717) is 13.0 Å². The number of hydrogen-bond acceptors (Lipinski definition) is 4. The average molecular weight is 202 g/mol. The van der Waals surface area contributed by atoms with Crippen LogP contribution in [0, 0.1) is 0 Å². The molecular weight excluding hydrogens is 180 g/mol. The number of carbonyl (C=O) groups is 1. The van der Waals surface area contributed by atoms with Crippen LogP contribution in [0.5, 0.6) is 0 Å². The van der Waals surface area contributed by atoms with Crippen LogP contribution < -0.4 is 5.73 Å². The molecule has 2 N–H and O–H groups in total. The molecule has 0 saturated heterocycles. The molecule has 0 bridgehead atoms. The largest absolute Gasteiger partial charge is 0.465 e. The van der Waals surface area contributed by atoms with Gasteiger partial charge in [0.05, 0.1) is 6.61 Å². The first-order chi connectivity index (χ1) is 6.61. The van der Waals surface area contributed by atoms with Crippen molar-refractivity contribution in [1.29, 1.82) is 0 Å². The quantitative estimate of drug-likeness (QED) is 0.614. The molecule has 0 rings (SSSR count). The second-order valence-electron chi connectivity index (χ2n) is 3.45. The van der Waals surface area contributed by atoms with Crippen molar-refractivity contribution in [3.63, 3.8) is 0 Å². The van der Waals surface area contributed by atoms with Gasteiger partial charge >= 0.3 is 5.97 Å². The van der Waals surface area contributed by atoms with E-state index in [9.17, 15) is 4.79 Å². The lowest BCUT2D eigenvalue weighted by Crippen LogP contribution is -2.36.